The fourth-order valence-corrected chi connectivity index (χ4v) is 3.79. The fourth-order valence-electron chi connectivity index (χ4n) is 3.79. The van der Waals surface area contributed by atoms with Crippen LogP contribution in [0.2, 0.25) is 0 Å². The molecule has 0 amide bonds. The van der Waals surface area contributed by atoms with Crippen LogP contribution in [0.1, 0.15) is 5.56 Å². The van der Waals surface area contributed by atoms with Crippen LogP contribution in [-0.4, -0.2) is 22.8 Å². The molecule has 1 aromatic carbocycles. The van der Waals surface area contributed by atoms with Crippen molar-refractivity contribution in [3.8, 4) is 0 Å². The second-order valence-corrected chi connectivity index (χ2v) is 7.42. The van der Waals surface area contributed by atoms with Crippen molar-refractivity contribution >= 4 is 28.4 Å². The van der Waals surface area contributed by atoms with Gasteiger partial charge in [0.15, 0.2) is 0 Å². The van der Waals surface area contributed by atoms with E-state index in [0.29, 0.717) is 17.0 Å². The van der Waals surface area contributed by atoms with Crippen LogP contribution in [0.15, 0.2) is 134 Å². The molecule has 0 N–H and O–H groups in total. The first-order valence-corrected chi connectivity index (χ1v) is 9.92. The zero-order chi connectivity index (χ0) is 20.8. The molecule has 156 valence electrons. The van der Waals surface area contributed by atoms with Crippen molar-refractivity contribution in [3.63, 3.8) is 0 Å². The molecule has 32 heavy (non-hydrogen) atoms. The van der Waals surface area contributed by atoms with Gasteiger partial charge in [-0.2, -0.15) is 0 Å². The van der Waals surface area contributed by atoms with Gasteiger partial charge in [0.25, 0.3) is 0 Å². The van der Waals surface area contributed by atoms with Crippen molar-refractivity contribution in [2.45, 2.75) is 0 Å². The van der Waals surface area contributed by atoms with Gasteiger partial charge < -0.3 is 0 Å². The van der Waals surface area contributed by atoms with Gasteiger partial charge in [-0.3, -0.25) is 0 Å². The minimum absolute atomic E-state index is 0. The topological polar surface area (TPSA) is 49.4 Å². The molecule has 4 nitrogen and oxygen atoms in total. The number of nitrogens with zero attached hydrogens (tertiary/aromatic N) is 4. The van der Waals surface area contributed by atoms with E-state index in [1.54, 1.807) is 12.1 Å². The number of rotatable bonds is 1. The van der Waals surface area contributed by atoms with Crippen molar-refractivity contribution in [1.82, 2.24) is 0 Å². The molecule has 0 aliphatic carbocycles. The zero-order valence-electron chi connectivity index (χ0n) is 16.6. The van der Waals surface area contributed by atoms with Crippen LogP contribution in [0.4, 0.5) is 4.39 Å². The van der Waals surface area contributed by atoms with Gasteiger partial charge >= 0.3 is 0 Å². The molecule has 1 aromatic rings. The van der Waals surface area contributed by atoms with E-state index in [1.165, 1.54) is 6.07 Å². The number of benzene rings is 1. The predicted octanol–water partition coefficient (Wildman–Crippen LogP) is 5.24. The SMILES string of the molecule is Fc1ccccc1C1=CC2=NC1=CC1=NC(=CC3=NC(=CC4=NC(=C2)C=C4)C=C3)C=C1.[Pt]. The Bertz CT molecular complexity index is 1420. The number of hydrogen-bond donors (Lipinski definition) is 0. The molecule has 0 saturated carbocycles. The summed E-state index contributed by atoms with van der Waals surface area (Å²) < 4.78 is 14.6. The average Bonchev–Trinajstić information content (AvgIpc) is 3.53. The summed E-state index contributed by atoms with van der Waals surface area (Å²) in [5.41, 5.74) is 7.47. The second kappa shape index (κ2) is 8.17. The van der Waals surface area contributed by atoms with E-state index in [1.807, 2.05) is 72.9 Å². The van der Waals surface area contributed by atoms with Gasteiger partial charge in [0.1, 0.15) is 5.82 Å². The molecule has 0 fully saturated rings. The quantitative estimate of drug-likeness (QED) is 0.426. The number of allylic oxidation sites excluding steroid dienone is 12. The summed E-state index contributed by atoms with van der Waals surface area (Å²) in [7, 11) is 0. The molecule has 0 unspecified atom stereocenters. The summed E-state index contributed by atoms with van der Waals surface area (Å²) >= 11 is 0. The first kappa shape index (κ1) is 20.3. The molecule has 5 aliphatic heterocycles. The molecule has 0 saturated heterocycles. The largest absolute Gasteiger partial charge is 0.249 e. The maximum atomic E-state index is 14.6. The Morgan fingerprint density at radius 3 is 1.66 bits per heavy atom. The minimum atomic E-state index is -0.285. The maximum Gasteiger partial charge on any atom is 0.131 e. The molecule has 0 atom stereocenters. The van der Waals surface area contributed by atoms with Gasteiger partial charge in [0, 0.05) is 32.2 Å². The Labute approximate surface area is 198 Å². The van der Waals surface area contributed by atoms with Crippen molar-refractivity contribution in [1.29, 1.82) is 0 Å². The molecule has 6 heteroatoms. The fraction of sp³-hybridized carbons (Fsp3) is 0. The number of hydrogen-bond acceptors (Lipinski definition) is 4. The van der Waals surface area contributed by atoms with Crippen molar-refractivity contribution in [2.24, 2.45) is 20.0 Å². The van der Waals surface area contributed by atoms with Gasteiger partial charge in [-0.1, -0.05) is 18.2 Å². The van der Waals surface area contributed by atoms with Crippen LogP contribution in [0, 0.1) is 5.82 Å². The molecule has 0 aromatic heterocycles. The van der Waals surface area contributed by atoms with Crippen molar-refractivity contribution in [3.05, 3.63) is 125 Å². The maximum absolute atomic E-state index is 14.6. The van der Waals surface area contributed by atoms with E-state index in [2.05, 4.69) is 15.0 Å². The third kappa shape index (κ3) is 3.88. The summed E-state index contributed by atoms with van der Waals surface area (Å²) in [5, 5.41) is 0. The molecular formula is C26H15FN4Pt. The normalized spacial score (nSPS) is 19.8. The Morgan fingerprint density at radius 2 is 1.06 bits per heavy atom. The number of halogens is 1. The molecule has 5 aliphatic rings. The summed E-state index contributed by atoms with van der Waals surface area (Å²) in [5.74, 6) is -0.285. The summed E-state index contributed by atoms with van der Waals surface area (Å²) in [6.07, 6.45) is 21.2. The van der Waals surface area contributed by atoms with Crippen LogP contribution in [0.5, 0.6) is 0 Å². The second-order valence-electron chi connectivity index (χ2n) is 7.42. The summed E-state index contributed by atoms with van der Waals surface area (Å²) in [4.78, 5) is 18.7. The number of aliphatic imine (C=N–C) groups is 4. The van der Waals surface area contributed by atoms with Crippen LogP contribution >= 0.6 is 0 Å². The predicted molar refractivity (Wildman–Crippen MR) is 124 cm³/mol. The zero-order valence-corrected chi connectivity index (χ0v) is 18.9. The van der Waals surface area contributed by atoms with E-state index in [9.17, 15) is 4.39 Å². The van der Waals surface area contributed by atoms with Gasteiger partial charge in [-0.15, -0.1) is 0 Å². The molecule has 5 heterocycles. The van der Waals surface area contributed by atoms with Crippen molar-refractivity contribution < 1.29 is 25.5 Å². The summed E-state index contributed by atoms with van der Waals surface area (Å²) in [6, 6.07) is 6.73. The minimum Gasteiger partial charge on any atom is -0.249 e. The van der Waals surface area contributed by atoms with E-state index < -0.39 is 0 Å². The van der Waals surface area contributed by atoms with Gasteiger partial charge in [-0.05, 0) is 72.9 Å². The van der Waals surface area contributed by atoms with Crippen molar-refractivity contribution in [2.75, 3.05) is 0 Å². The Morgan fingerprint density at radius 1 is 0.531 bits per heavy atom. The molecular weight excluding hydrogens is 582 g/mol. The first-order valence-electron chi connectivity index (χ1n) is 9.92. The van der Waals surface area contributed by atoms with E-state index in [4.69, 9.17) is 4.99 Å². The molecule has 0 spiro atoms. The van der Waals surface area contributed by atoms with Crippen LogP contribution in [-0.2, 0) is 21.1 Å². The first-order chi connectivity index (χ1) is 15.2. The molecule has 8 bridgehead atoms. The Balaban J connectivity index is 0.00000216. The Hall–Kier alpha value is -3.56. The van der Waals surface area contributed by atoms with E-state index >= 15 is 0 Å². The van der Waals surface area contributed by atoms with Crippen LogP contribution < -0.4 is 0 Å². The molecule has 0 radical (unpaired) electrons. The number of fused-ring (bicyclic) bond motifs is 4. The van der Waals surface area contributed by atoms with Gasteiger partial charge in [0.05, 0.1) is 45.6 Å². The summed E-state index contributed by atoms with van der Waals surface area (Å²) in [6.45, 7) is 0. The molecule has 6 rings (SSSR count). The van der Waals surface area contributed by atoms with Gasteiger partial charge in [0.2, 0.25) is 0 Å². The standard InChI is InChI=1S/C26H15FN4.Pt/c27-25-4-2-1-3-23(25)24-14-22-13-20-8-7-18(29-20)11-16-5-6-17(28-16)12-19-9-10-21(30-19)15-26(24)31-22;/h1-15H;. The average molecular weight is 598 g/mol. The van der Waals surface area contributed by atoms with Crippen LogP contribution in [0.3, 0.4) is 0 Å². The van der Waals surface area contributed by atoms with E-state index in [0.717, 1.165) is 39.8 Å². The van der Waals surface area contributed by atoms with Crippen LogP contribution in [0.25, 0.3) is 5.57 Å². The van der Waals surface area contributed by atoms with Gasteiger partial charge in [-0.25, -0.2) is 24.4 Å². The monoisotopic (exact) mass is 597 g/mol. The third-order valence-corrected chi connectivity index (χ3v) is 5.20. The van der Waals surface area contributed by atoms with E-state index in [-0.39, 0.29) is 26.9 Å². The smallest absolute Gasteiger partial charge is 0.131 e. The third-order valence-electron chi connectivity index (χ3n) is 5.20. The Kier molecular flexibility index (Phi) is 5.20.